The van der Waals surface area contributed by atoms with Gasteiger partial charge in [-0.25, -0.2) is 8.78 Å². The molecule has 0 unspecified atom stereocenters. The van der Waals surface area contributed by atoms with Crippen LogP contribution in [0, 0.1) is 17.6 Å². The summed E-state index contributed by atoms with van der Waals surface area (Å²) in [5.74, 6) is 0.480. The van der Waals surface area contributed by atoms with Gasteiger partial charge in [0.15, 0.2) is 0 Å². The fourth-order valence-electron chi connectivity index (χ4n) is 3.43. The normalized spacial score (nSPS) is 16.7. The number of nitrogens with zero attached hydrogens (tertiary/aromatic N) is 1. The summed E-state index contributed by atoms with van der Waals surface area (Å²) in [4.78, 5) is 4.72. The van der Waals surface area contributed by atoms with E-state index in [-0.39, 0.29) is 0 Å². The average molecular weight is 405 g/mol. The van der Waals surface area contributed by atoms with E-state index in [9.17, 15) is 8.78 Å². The summed E-state index contributed by atoms with van der Waals surface area (Å²) in [6, 6.07) is 9.33. The van der Waals surface area contributed by atoms with E-state index in [0.29, 0.717) is 12.0 Å². The van der Waals surface area contributed by atoms with Crippen molar-refractivity contribution in [2.75, 3.05) is 6.61 Å². The van der Waals surface area contributed by atoms with Crippen molar-refractivity contribution in [3.63, 3.8) is 0 Å². The molecule has 0 atom stereocenters. The first-order chi connectivity index (χ1) is 14.5. The fourth-order valence-corrected chi connectivity index (χ4v) is 3.43. The number of hydrogen-bond donors (Lipinski definition) is 0. The molecule has 0 spiro atoms. The van der Waals surface area contributed by atoms with Crippen molar-refractivity contribution in [1.29, 1.82) is 0 Å². The molecular formula is C26H25F2NO. The summed E-state index contributed by atoms with van der Waals surface area (Å²) < 4.78 is 33.1. The van der Waals surface area contributed by atoms with Gasteiger partial charge in [-0.05, 0) is 85.7 Å². The van der Waals surface area contributed by atoms with Gasteiger partial charge in [0, 0.05) is 23.8 Å². The molecule has 4 rings (SSSR count). The van der Waals surface area contributed by atoms with E-state index < -0.39 is 11.6 Å². The molecule has 4 heteroatoms. The van der Waals surface area contributed by atoms with Crippen LogP contribution in [0.5, 0.6) is 0 Å². The van der Waals surface area contributed by atoms with E-state index in [4.69, 9.17) is 9.73 Å². The highest BCUT2D eigenvalue weighted by Gasteiger charge is 2.22. The van der Waals surface area contributed by atoms with Crippen LogP contribution < -0.4 is 0 Å². The van der Waals surface area contributed by atoms with Crippen molar-refractivity contribution in [2.24, 2.45) is 10.9 Å². The molecule has 0 saturated heterocycles. The monoisotopic (exact) mass is 405 g/mol. The van der Waals surface area contributed by atoms with E-state index in [0.717, 1.165) is 52.4 Å². The molecule has 30 heavy (non-hydrogen) atoms. The summed E-state index contributed by atoms with van der Waals surface area (Å²) in [7, 11) is 0. The van der Waals surface area contributed by atoms with Gasteiger partial charge in [-0.2, -0.15) is 0 Å². The quantitative estimate of drug-likeness (QED) is 0.356. The Bertz CT molecular complexity index is 1070. The van der Waals surface area contributed by atoms with Crippen LogP contribution in [-0.4, -0.2) is 12.3 Å². The average Bonchev–Trinajstić information content (AvgIpc) is 3.46. The van der Waals surface area contributed by atoms with Gasteiger partial charge in [0.1, 0.15) is 17.4 Å². The number of hydrogen-bond acceptors (Lipinski definition) is 2. The van der Waals surface area contributed by atoms with Gasteiger partial charge in [-0.3, -0.25) is 4.99 Å². The number of ether oxygens (including phenoxy) is 1. The molecule has 2 aliphatic rings. The first-order valence-electron chi connectivity index (χ1n) is 10.3. The molecule has 2 nitrogen and oxygen atoms in total. The maximum atomic E-state index is 14.1. The number of benzene rings is 2. The molecule has 2 aromatic carbocycles. The minimum atomic E-state index is -0.573. The lowest BCUT2D eigenvalue weighted by molar-refractivity contribution is 0.210. The Morgan fingerprint density at radius 2 is 2.00 bits per heavy atom. The molecule has 0 radical (unpaired) electrons. The van der Waals surface area contributed by atoms with Crippen molar-refractivity contribution in [1.82, 2.24) is 0 Å². The van der Waals surface area contributed by atoms with Crippen LogP contribution in [0.25, 0.3) is 11.1 Å². The number of halogens is 2. The molecular weight excluding hydrogens is 380 g/mol. The Morgan fingerprint density at radius 3 is 2.73 bits per heavy atom. The molecule has 0 bridgehead atoms. The Morgan fingerprint density at radius 1 is 1.17 bits per heavy atom. The van der Waals surface area contributed by atoms with E-state index >= 15 is 0 Å². The minimum absolute atomic E-state index is 0.396. The van der Waals surface area contributed by atoms with Crippen molar-refractivity contribution < 1.29 is 13.5 Å². The Hall–Kier alpha value is -3.01. The van der Waals surface area contributed by atoms with Gasteiger partial charge in [0.2, 0.25) is 0 Å². The molecule has 2 aromatic rings. The number of rotatable bonds is 7. The van der Waals surface area contributed by atoms with Gasteiger partial charge in [0.05, 0.1) is 12.3 Å². The van der Waals surface area contributed by atoms with Crippen LogP contribution in [0.15, 0.2) is 77.0 Å². The summed E-state index contributed by atoms with van der Waals surface area (Å²) in [5.41, 5.74) is 5.14. The zero-order chi connectivity index (χ0) is 21.1. The van der Waals surface area contributed by atoms with E-state index in [1.165, 1.54) is 25.0 Å². The summed E-state index contributed by atoms with van der Waals surface area (Å²) in [6.45, 7) is 4.81. The van der Waals surface area contributed by atoms with Crippen LogP contribution in [0.2, 0.25) is 0 Å². The molecule has 154 valence electrons. The lowest BCUT2D eigenvalue weighted by Gasteiger charge is -2.06. The molecule has 1 aliphatic heterocycles. The molecule has 1 aliphatic carbocycles. The van der Waals surface area contributed by atoms with Gasteiger partial charge in [-0.1, -0.05) is 18.2 Å². The maximum absolute atomic E-state index is 14.1. The van der Waals surface area contributed by atoms with Crippen molar-refractivity contribution in [3.8, 4) is 11.1 Å². The topological polar surface area (TPSA) is 21.6 Å². The van der Waals surface area contributed by atoms with Gasteiger partial charge in [0.25, 0.3) is 0 Å². The predicted octanol–water partition coefficient (Wildman–Crippen LogP) is 7.09. The third-order valence-corrected chi connectivity index (χ3v) is 5.46. The fraction of sp³-hybridized carbons (Fsp3) is 0.269. The summed E-state index contributed by atoms with van der Waals surface area (Å²) in [6.07, 6.45) is 11.2. The van der Waals surface area contributed by atoms with Crippen LogP contribution in [0.3, 0.4) is 0 Å². The second-order valence-electron chi connectivity index (χ2n) is 7.86. The van der Waals surface area contributed by atoms with Gasteiger partial charge >= 0.3 is 0 Å². The number of fused-ring (bicyclic) bond motifs is 1. The molecule has 1 saturated carbocycles. The van der Waals surface area contributed by atoms with E-state index in [1.54, 1.807) is 0 Å². The van der Waals surface area contributed by atoms with Gasteiger partial charge < -0.3 is 4.74 Å². The smallest absolute Gasteiger partial charge is 0.133 e. The lowest BCUT2D eigenvalue weighted by Crippen LogP contribution is -1.99. The van der Waals surface area contributed by atoms with Crippen LogP contribution in [0.1, 0.15) is 32.3 Å². The lowest BCUT2D eigenvalue weighted by atomic mass is 9.99. The van der Waals surface area contributed by atoms with Crippen molar-refractivity contribution in [2.45, 2.75) is 33.1 Å². The second-order valence-corrected chi connectivity index (χ2v) is 7.86. The first-order valence-corrected chi connectivity index (χ1v) is 10.3. The Kier molecular flexibility index (Phi) is 5.93. The Labute approximate surface area is 176 Å². The molecule has 0 N–H and O–H groups in total. The summed E-state index contributed by atoms with van der Waals surface area (Å²) in [5, 5.41) is 0. The zero-order valence-corrected chi connectivity index (χ0v) is 17.3. The third kappa shape index (κ3) is 4.76. The minimum Gasteiger partial charge on any atom is -0.494 e. The summed E-state index contributed by atoms with van der Waals surface area (Å²) >= 11 is 0. The van der Waals surface area contributed by atoms with Gasteiger partial charge in [-0.15, -0.1) is 0 Å². The highest BCUT2D eigenvalue weighted by atomic mass is 19.1. The number of allylic oxidation sites excluding steroid dienone is 5. The van der Waals surface area contributed by atoms with E-state index in [2.05, 4.69) is 0 Å². The van der Waals surface area contributed by atoms with Crippen LogP contribution >= 0.6 is 0 Å². The van der Waals surface area contributed by atoms with Crippen LogP contribution in [0.4, 0.5) is 14.5 Å². The highest BCUT2D eigenvalue weighted by Crippen LogP contribution is 2.34. The standard InChI is InChI=1S/C26H25F2NO/c1-3-22(30-16-18-7-8-18)6-4-5-17(2)26-14-20-13-19(9-12-25(20)29-26)23-11-10-21(27)15-24(23)28/h3-6,9-13,15,18H,7-8,14,16H2,1-2H3/b6-4-,17-5+,22-3+. The van der Waals surface area contributed by atoms with Crippen LogP contribution in [-0.2, 0) is 11.2 Å². The largest absolute Gasteiger partial charge is 0.494 e. The van der Waals surface area contributed by atoms with E-state index in [1.807, 2.05) is 56.4 Å². The zero-order valence-electron chi connectivity index (χ0n) is 17.3. The predicted molar refractivity (Wildman–Crippen MR) is 118 cm³/mol. The molecule has 1 heterocycles. The molecule has 1 fully saturated rings. The second kappa shape index (κ2) is 8.78. The molecule has 0 aromatic heterocycles. The SMILES string of the molecule is C\C=C(/C=C\C=C(/C)C1=Nc2ccc(-c3ccc(F)cc3F)cc2C1)OCC1CC1. The highest BCUT2D eigenvalue weighted by molar-refractivity contribution is 6.06. The Balaban J connectivity index is 1.44. The third-order valence-electron chi connectivity index (χ3n) is 5.46. The maximum Gasteiger partial charge on any atom is 0.133 e. The number of aliphatic imine (C=N–C) groups is 1. The van der Waals surface area contributed by atoms with Crippen molar-refractivity contribution >= 4 is 11.4 Å². The van der Waals surface area contributed by atoms with Crippen molar-refractivity contribution in [3.05, 3.63) is 89.2 Å². The molecule has 0 amide bonds. The first kappa shape index (κ1) is 20.3.